The first kappa shape index (κ1) is 20.8. The molecule has 0 radical (unpaired) electrons. The summed E-state index contributed by atoms with van der Waals surface area (Å²) in [5.74, 6) is 0.338. The summed E-state index contributed by atoms with van der Waals surface area (Å²) in [6.45, 7) is 0.354. The number of carbonyl (C=O) groups is 1. The van der Waals surface area contributed by atoms with Crippen LogP contribution in [0.5, 0.6) is 5.75 Å². The summed E-state index contributed by atoms with van der Waals surface area (Å²) < 4.78 is 5.59. The van der Waals surface area contributed by atoms with E-state index in [1.165, 1.54) is 0 Å². The first-order valence-corrected chi connectivity index (χ1v) is 9.79. The molecule has 29 heavy (non-hydrogen) atoms. The van der Waals surface area contributed by atoms with Crippen LogP contribution >= 0.6 is 23.2 Å². The van der Waals surface area contributed by atoms with E-state index in [2.05, 4.69) is 15.5 Å². The molecule has 0 spiro atoms. The maximum atomic E-state index is 12.2. The van der Waals surface area contributed by atoms with Crippen molar-refractivity contribution >= 4 is 34.8 Å². The molecule has 3 aromatic rings. The van der Waals surface area contributed by atoms with Crippen LogP contribution in [-0.4, -0.2) is 23.2 Å². The topological polar surface area (TPSA) is 63.6 Å². The molecule has 0 unspecified atom stereocenters. The molecule has 3 rings (SSSR count). The Morgan fingerprint density at radius 2 is 1.83 bits per heavy atom. The van der Waals surface area contributed by atoms with E-state index in [0.717, 1.165) is 11.1 Å². The predicted octanol–water partition coefficient (Wildman–Crippen LogP) is 5.12. The average Bonchev–Trinajstić information content (AvgIpc) is 2.74. The number of hydrazone groups is 1. The van der Waals surface area contributed by atoms with Crippen molar-refractivity contribution in [2.75, 3.05) is 6.61 Å². The quantitative estimate of drug-likeness (QED) is 0.308. The van der Waals surface area contributed by atoms with Crippen LogP contribution in [-0.2, 0) is 4.79 Å². The highest BCUT2D eigenvalue weighted by Gasteiger charge is 2.09. The van der Waals surface area contributed by atoms with Crippen molar-refractivity contribution in [2.45, 2.75) is 12.8 Å². The van der Waals surface area contributed by atoms with Crippen LogP contribution in [0.4, 0.5) is 0 Å². The third-order valence-electron chi connectivity index (χ3n) is 3.97. The number of rotatable bonds is 8. The van der Waals surface area contributed by atoms with Gasteiger partial charge in [0, 0.05) is 35.0 Å². The van der Waals surface area contributed by atoms with E-state index >= 15 is 0 Å². The second-order valence-corrected chi connectivity index (χ2v) is 6.97. The maximum absolute atomic E-state index is 12.2. The van der Waals surface area contributed by atoms with Gasteiger partial charge in [-0.25, -0.2) is 5.43 Å². The SMILES string of the molecule is O=C(CCCOc1ccc(Cl)cc1Cl)NN=C(c1ccccc1)c1cccnc1. The Bertz CT molecular complexity index is 938. The number of nitrogens with one attached hydrogen (secondary N) is 1. The van der Waals surface area contributed by atoms with Gasteiger partial charge in [0.2, 0.25) is 5.91 Å². The molecule has 0 aliphatic rings. The van der Waals surface area contributed by atoms with Gasteiger partial charge in [0.1, 0.15) is 5.75 Å². The van der Waals surface area contributed by atoms with Gasteiger partial charge in [-0.2, -0.15) is 5.10 Å². The maximum Gasteiger partial charge on any atom is 0.240 e. The Kier molecular flexibility index (Phi) is 7.61. The minimum absolute atomic E-state index is 0.201. The van der Waals surface area contributed by atoms with Gasteiger partial charge in [0.15, 0.2) is 0 Å². The van der Waals surface area contributed by atoms with Crippen molar-refractivity contribution in [3.63, 3.8) is 0 Å². The molecule has 1 aromatic heterocycles. The van der Waals surface area contributed by atoms with E-state index in [-0.39, 0.29) is 12.3 Å². The number of amides is 1. The van der Waals surface area contributed by atoms with E-state index in [0.29, 0.717) is 34.5 Å². The number of ether oxygens (including phenoxy) is 1. The molecule has 2 aromatic carbocycles. The Morgan fingerprint density at radius 1 is 1.03 bits per heavy atom. The number of aromatic nitrogens is 1. The van der Waals surface area contributed by atoms with Crippen molar-refractivity contribution in [1.29, 1.82) is 0 Å². The number of nitrogens with zero attached hydrogens (tertiary/aromatic N) is 2. The lowest BCUT2D eigenvalue weighted by atomic mass is 10.0. The predicted molar refractivity (Wildman–Crippen MR) is 116 cm³/mol. The van der Waals surface area contributed by atoms with Gasteiger partial charge in [-0.3, -0.25) is 9.78 Å². The first-order chi connectivity index (χ1) is 14.1. The summed E-state index contributed by atoms with van der Waals surface area (Å²) in [4.78, 5) is 16.3. The summed E-state index contributed by atoms with van der Waals surface area (Å²) in [5, 5.41) is 5.31. The Labute approximate surface area is 179 Å². The average molecular weight is 428 g/mol. The fourth-order valence-corrected chi connectivity index (χ4v) is 3.04. The Hall–Kier alpha value is -2.89. The van der Waals surface area contributed by atoms with Crippen LogP contribution in [0.15, 0.2) is 78.2 Å². The molecular formula is C22H19Cl2N3O2. The lowest BCUT2D eigenvalue weighted by Crippen LogP contribution is -2.21. The van der Waals surface area contributed by atoms with E-state index in [9.17, 15) is 4.79 Å². The van der Waals surface area contributed by atoms with Crippen LogP contribution in [0.3, 0.4) is 0 Å². The molecule has 0 aliphatic heterocycles. The largest absolute Gasteiger partial charge is 0.492 e. The highest BCUT2D eigenvalue weighted by molar-refractivity contribution is 6.35. The van der Waals surface area contributed by atoms with Crippen molar-refractivity contribution in [1.82, 2.24) is 10.4 Å². The molecule has 5 nitrogen and oxygen atoms in total. The van der Waals surface area contributed by atoms with Crippen molar-refractivity contribution in [2.24, 2.45) is 5.10 Å². The van der Waals surface area contributed by atoms with Gasteiger partial charge in [-0.05, 0) is 36.8 Å². The third-order valence-corrected chi connectivity index (χ3v) is 4.50. The minimum Gasteiger partial charge on any atom is -0.492 e. The summed E-state index contributed by atoms with van der Waals surface area (Å²) >= 11 is 11.9. The number of benzene rings is 2. The lowest BCUT2D eigenvalue weighted by molar-refractivity contribution is -0.121. The molecule has 0 fully saturated rings. The van der Waals surface area contributed by atoms with E-state index in [1.807, 2.05) is 42.5 Å². The Morgan fingerprint density at radius 3 is 2.55 bits per heavy atom. The number of hydrogen-bond acceptors (Lipinski definition) is 4. The van der Waals surface area contributed by atoms with Gasteiger partial charge >= 0.3 is 0 Å². The summed E-state index contributed by atoms with van der Waals surface area (Å²) in [5.41, 5.74) is 4.98. The van der Waals surface area contributed by atoms with Crippen molar-refractivity contribution in [3.05, 3.63) is 94.2 Å². The molecule has 1 heterocycles. The summed E-state index contributed by atoms with van der Waals surface area (Å²) in [6.07, 6.45) is 4.19. The van der Waals surface area contributed by atoms with Crippen LogP contribution in [0.2, 0.25) is 10.0 Å². The van der Waals surface area contributed by atoms with Gasteiger partial charge in [0.05, 0.1) is 17.3 Å². The number of carbonyl (C=O) groups excluding carboxylic acids is 1. The molecule has 7 heteroatoms. The standard InChI is InChI=1S/C22H19Cl2N3O2/c23-18-10-11-20(19(24)14-18)29-13-5-9-21(28)26-27-22(16-6-2-1-3-7-16)17-8-4-12-25-15-17/h1-4,6-8,10-12,14-15H,5,9,13H2,(H,26,28). The van der Waals surface area contributed by atoms with Gasteiger partial charge in [0.25, 0.3) is 0 Å². The van der Waals surface area contributed by atoms with Gasteiger partial charge in [-0.15, -0.1) is 0 Å². The number of halogens is 2. The number of hydrogen-bond donors (Lipinski definition) is 1. The highest BCUT2D eigenvalue weighted by Crippen LogP contribution is 2.27. The smallest absolute Gasteiger partial charge is 0.240 e. The van der Waals surface area contributed by atoms with Crippen molar-refractivity contribution < 1.29 is 9.53 Å². The molecular weight excluding hydrogens is 409 g/mol. The Balaban J connectivity index is 1.56. The van der Waals surface area contributed by atoms with Crippen LogP contribution in [0.1, 0.15) is 24.0 Å². The van der Waals surface area contributed by atoms with E-state index < -0.39 is 0 Å². The van der Waals surface area contributed by atoms with Crippen molar-refractivity contribution in [3.8, 4) is 5.75 Å². The molecule has 0 bridgehead atoms. The molecule has 148 valence electrons. The van der Waals surface area contributed by atoms with Gasteiger partial charge < -0.3 is 4.74 Å². The zero-order chi connectivity index (χ0) is 20.5. The van der Waals surface area contributed by atoms with Crippen LogP contribution < -0.4 is 10.2 Å². The monoisotopic (exact) mass is 427 g/mol. The van der Waals surface area contributed by atoms with E-state index in [4.69, 9.17) is 27.9 Å². The zero-order valence-corrected chi connectivity index (χ0v) is 17.0. The van der Waals surface area contributed by atoms with Crippen LogP contribution in [0, 0.1) is 0 Å². The third kappa shape index (κ3) is 6.31. The zero-order valence-electron chi connectivity index (χ0n) is 15.5. The molecule has 0 saturated carbocycles. The summed E-state index contributed by atoms with van der Waals surface area (Å²) in [7, 11) is 0. The minimum atomic E-state index is -0.201. The number of pyridine rings is 1. The second-order valence-electron chi connectivity index (χ2n) is 6.13. The fraction of sp³-hybridized carbons (Fsp3) is 0.136. The second kappa shape index (κ2) is 10.6. The molecule has 1 N–H and O–H groups in total. The first-order valence-electron chi connectivity index (χ1n) is 9.03. The van der Waals surface area contributed by atoms with E-state index in [1.54, 1.807) is 30.6 Å². The molecule has 1 amide bonds. The normalized spacial score (nSPS) is 11.2. The molecule has 0 aliphatic carbocycles. The summed E-state index contributed by atoms with van der Waals surface area (Å²) in [6, 6.07) is 18.4. The molecule has 0 atom stereocenters. The van der Waals surface area contributed by atoms with Gasteiger partial charge in [-0.1, -0.05) is 53.5 Å². The fourth-order valence-electron chi connectivity index (χ4n) is 2.58. The lowest BCUT2D eigenvalue weighted by Gasteiger charge is -2.09. The van der Waals surface area contributed by atoms with Crippen LogP contribution in [0.25, 0.3) is 0 Å². The highest BCUT2D eigenvalue weighted by atomic mass is 35.5. The molecule has 0 saturated heterocycles.